The number of carbonyl (C=O) groups excluding carboxylic acids is 2. The highest BCUT2D eigenvalue weighted by Gasteiger charge is 2.59. The van der Waals surface area contributed by atoms with E-state index in [2.05, 4.69) is 5.10 Å². The summed E-state index contributed by atoms with van der Waals surface area (Å²) in [4.78, 5) is 36.8. The molecule has 8 heteroatoms. The van der Waals surface area contributed by atoms with Gasteiger partial charge >= 0.3 is 5.97 Å². The minimum absolute atomic E-state index is 0.119. The van der Waals surface area contributed by atoms with Gasteiger partial charge in [0.25, 0.3) is 11.8 Å². The van der Waals surface area contributed by atoms with Crippen molar-refractivity contribution >= 4 is 35.6 Å². The number of nitrogens with zero attached hydrogens (tertiary/aromatic N) is 2. The predicted molar refractivity (Wildman–Crippen MR) is 116 cm³/mol. The van der Waals surface area contributed by atoms with E-state index in [1.165, 1.54) is 18.3 Å². The Labute approximate surface area is 188 Å². The number of fused-ring (bicyclic) bond motifs is 5. The molecule has 2 bridgehead atoms. The molecule has 1 saturated carbocycles. The second-order valence-corrected chi connectivity index (χ2v) is 8.65. The molecule has 5 rings (SSSR count). The summed E-state index contributed by atoms with van der Waals surface area (Å²) in [6, 6.07) is 11.4. The number of carboxylic acids is 1. The van der Waals surface area contributed by atoms with E-state index in [1.807, 2.05) is 12.2 Å². The van der Waals surface area contributed by atoms with E-state index >= 15 is 0 Å². The lowest BCUT2D eigenvalue weighted by Crippen LogP contribution is -2.28. The number of carbonyl (C=O) groups is 3. The van der Waals surface area contributed by atoms with E-state index in [1.54, 1.807) is 30.3 Å². The van der Waals surface area contributed by atoms with E-state index in [0.29, 0.717) is 21.9 Å². The quantitative estimate of drug-likeness (QED) is 0.410. The maximum atomic E-state index is 12.8. The van der Waals surface area contributed by atoms with Gasteiger partial charge in [0.1, 0.15) is 12.4 Å². The molecule has 32 heavy (non-hydrogen) atoms. The predicted octanol–water partition coefficient (Wildman–Crippen LogP) is 3.76. The lowest BCUT2D eigenvalue weighted by Gasteiger charge is -2.13. The van der Waals surface area contributed by atoms with Crippen LogP contribution >= 0.6 is 11.6 Å². The van der Waals surface area contributed by atoms with Crippen LogP contribution in [0.1, 0.15) is 27.9 Å². The maximum Gasteiger partial charge on any atom is 0.335 e. The molecule has 1 heterocycles. The number of hydrogen-bond donors (Lipinski definition) is 1. The van der Waals surface area contributed by atoms with Crippen LogP contribution in [-0.2, 0) is 16.2 Å². The Balaban J connectivity index is 1.34. The number of carboxylic acid groups (broad SMARTS) is 1. The standard InChI is InChI=1S/C24H19ClN2O5/c25-18-6-7-19(32-12-13-2-1-3-16(8-13)24(30)31)17(10-18)11-26-27-22(28)20-14-4-5-15(9-14)21(20)23(27)29/h1-8,10-11,14-15,20-21H,9,12H2,(H,30,31)/t14-,15-,20-,21+/m0/s1. The number of amides is 2. The Kier molecular flexibility index (Phi) is 5.06. The molecule has 162 valence electrons. The summed E-state index contributed by atoms with van der Waals surface area (Å²) in [7, 11) is 0. The summed E-state index contributed by atoms with van der Waals surface area (Å²) in [5, 5.41) is 14.8. The molecule has 0 unspecified atom stereocenters. The SMILES string of the molecule is O=C(O)c1cccc(COc2ccc(Cl)cc2C=NN2C(=O)[C@@H]3[C@H](C2=O)[C@H]2C=C[C@H]3C2)c1. The zero-order valence-electron chi connectivity index (χ0n) is 16.8. The van der Waals surface area contributed by atoms with Crippen molar-refractivity contribution in [3.05, 3.63) is 76.3 Å². The molecule has 2 fully saturated rings. The van der Waals surface area contributed by atoms with Crippen molar-refractivity contribution in [2.75, 3.05) is 0 Å². The first-order chi connectivity index (χ1) is 15.4. The lowest BCUT2D eigenvalue weighted by atomic mass is 9.85. The van der Waals surface area contributed by atoms with Crippen molar-refractivity contribution in [2.24, 2.45) is 28.8 Å². The van der Waals surface area contributed by atoms with Gasteiger partial charge in [0, 0.05) is 10.6 Å². The Morgan fingerprint density at radius 3 is 2.53 bits per heavy atom. The number of hydrogen-bond acceptors (Lipinski definition) is 5. The van der Waals surface area contributed by atoms with Crippen molar-refractivity contribution in [2.45, 2.75) is 13.0 Å². The van der Waals surface area contributed by atoms with E-state index < -0.39 is 5.97 Å². The smallest absolute Gasteiger partial charge is 0.335 e. The van der Waals surface area contributed by atoms with Gasteiger partial charge in [0.2, 0.25) is 0 Å². The van der Waals surface area contributed by atoms with E-state index in [4.69, 9.17) is 21.4 Å². The van der Waals surface area contributed by atoms with Gasteiger partial charge < -0.3 is 9.84 Å². The minimum Gasteiger partial charge on any atom is -0.488 e. The first-order valence-electron chi connectivity index (χ1n) is 10.3. The maximum absolute atomic E-state index is 12.8. The van der Waals surface area contributed by atoms with Crippen LogP contribution in [0.3, 0.4) is 0 Å². The third kappa shape index (κ3) is 3.48. The van der Waals surface area contributed by atoms with Gasteiger partial charge in [0.05, 0.1) is 23.6 Å². The number of rotatable bonds is 6. The van der Waals surface area contributed by atoms with Crippen molar-refractivity contribution in [1.29, 1.82) is 0 Å². The second-order valence-electron chi connectivity index (χ2n) is 8.21. The van der Waals surface area contributed by atoms with Gasteiger partial charge in [-0.1, -0.05) is 35.9 Å². The van der Waals surface area contributed by atoms with Crippen molar-refractivity contribution < 1.29 is 24.2 Å². The minimum atomic E-state index is -1.01. The van der Waals surface area contributed by atoms with Crippen LogP contribution in [-0.4, -0.2) is 34.1 Å². The van der Waals surface area contributed by atoms with Crippen molar-refractivity contribution in [1.82, 2.24) is 5.01 Å². The number of hydrazone groups is 1. The third-order valence-corrected chi connectivity index (χ3v) is 6.53. The fourth-order valence-electron chi connectivity index (χ4n) is 4.83. The monoisotopic (exact) mass is 450 g/mol. The molecule has 7 nitrogen and oxygen atoms in total. The molecular weight excluding hydrogens is 432 g/mol. The number of benzene rings is 2. The topological polar surface area (TPSA) is 96.3 Å². The van der Waals surface area contributed by atoms with Gasteiger partial charge in [-0.2, -0.15) is 10.1 Å². The number of aromatic carboxylic acids is 1. The van der Waals surface area contributed by atoms with Crippen molar-refractivity contribution in [3.8, 4) is 5.75 Å². The van der Waals surface area contributed by atoms with Crippen LogP contribution in [0.25, 0.3) is 0 Å². The largest absolute Gasteiger partial charge is 0.488 e. The molecule has 2 aliphatic carbocycles. The Morgan fingerprint density at radius 2 is 1.84 bits per heavy atom. The van der Waals surface area contributed by atoms with Crippen LogP contribution in [0, 0.1) is 23.7 Å². The molecule has 2 aromatic carbocycles. The summed E-state index contributed by atoms with van der Waals surface area (Å²) in [6.45, 7) is 0.129. The highest BCUT2D eigenvalue weighted by Crippen LogP contribution is 2.52. The van der Waals surface area contributed by atoms with Crippen molar-refractivity contribution in [3.63, 3.8) is 0 Å². The van der Waals surface area contributed by atoms with E-state index in [9.17, 15) is 14.4 Å². The van der Waals surface area contributed by atoms with Gasteiger partial charge in [-0.25, -0.2) is 4.79 Å². The first-order valence-corrected chi connectivity index (χ1v) is 10.6. The lowest BCUT2D eigenvalue weighted by molar-refractivity contribution is -0.140. The molecule has 2 amide bonds. The number of ether oxygens (including phenoxy) is 1. The van der Waals surface area contributed by atoms with Crippen LogP contribution in [0.4, 0.5) is 0 Å². The molecular formula is C24H19ClN2O5. The van der Waals surface area contributed by atoms with Gasteiger partial charge in [-0.3, -0.25) is 9.59 Å². The Bertz CT molecular complexity index is 1160. The molecule has 1 aliphatic heterocycles. The van der Waals surface area contributed by atoms with Crippen LogP contribution in [0.2, 0.25) is 5.02 Å². The normalized spacial score (nSPS) is 25.7. The second kappa shape index (κ2) is 7.91. The highest BCUT2D eigenvalue weighted by atomic mass is 35.5. The summed E-state index contributed by atoms with van der Waals surface area (Å²) in [6.07, 6.45) is 6.33. The first kappa shape index (κ1) is 20.5. The molecule has 1 saturated heterocycles. The van der Waals surface area contributed by atoms with Gasteiger partial charge in [-0.05, 0) is 54.2 Å². The summed E-state index contributed by atoms with van der Waals surface area (Å²) in [5.41, 5.74) is 1.36. The molecule has 0 radical (unpaired) electrons. The highest BCUT2D eigenvalue weighted by molar-refractivity contribution is 6.31. The van der Waals surface area contributed by atoms with Crippen LogP contribution < -0.4 is 4.74 Å². The molecule has 0 aromatic heterocycles. The summed E-state index contributed by atoms with van der Waals surface area (Å²) in [5.74, 6) is -1.48. The fraction of sp³-hybridized carbons (Fsp3) is 0.250. The Morgan fingerprint density at radius 1 is 1.12 bits per heavy atom. The molecule has 2 aromatic rings. The fourth-order valence-corrected chi connectivity index (χ4v) is 5.01. The van der Waals surface area contributed by atoms with Crippen LogP contribution in [0.5, 0.6) is 5.75 Å². The molecule has 0 spiro atoms. The number of imide groups is 1. The molecule has 1 N–H and O–H groups in total. The average molecular weight is 451 g/mol. The van der Waals surface area contributed by atoms with E-state index in [0.717, 1.165) is 11.4 Å². The Hall–Kier alpha value is -3.45. The molecule has 4 atom stereocenters. The third-order valence-electron chi connectivity index (χ3n) is 6.30. The summed E-state index contributed by atoms with van der Waals surface area (Å²) < 4.78 is 5.86. The average Bonchev–Trinajstić information content (AvgIpc) is 3.46. The number of halogens is 1. The zero-order valence-corrected chi connectivity index (χ0v) is 17.6. The molecule has 3 aliphatic rings. The van der Waals surface area contributed by atoms with Gasteiger partial charge in [-0.15, -0.1) is 0 Å². The van der Waals surface area contributed by atoms with Crippen LogP contribution in [0.15, 0.2) is 59.7 Å². The van der Waals surface area contributed by atoms with Gasteiger partial charge in [0.15, 0.2) is 0 Å². The van der Waals surface area contributed by atoms with E-state index in [-0.39, 0.29) is 47.7 Å². The zero-order chi connectivity index (χ0) is 22.4. The number of allylic oxidation sites excluding steroid dienone is 2. The summed E-state index contributed by atoms with van der Waals surface area (Å²) >= 11 is 6.13.